The molecule has 3 heterocycles. The predicted molar refractivity (Wildman–Crippen MR) is 103 cm³/mol. The molecule has 1 amide bonds. The van der Waals surface area contributed by atoms with E-state index in [1.807, 2.05) is 17.0 Å². The summed E-state index contributed by atoms with van der Waals surface area (Å²) in [6.07, 6.45) is 4.66. The first-order valence-electron chi connectivity index (χ1n) is 9.35. The van der Waals surface area contributed by atoms with Crippen LogP contribution in [0.5, 0.6) is 0 Å². The monoisotopic (exact) mass is 376 g/mol. The number of aliphatic hydroxyl groups excluding tert-OH is 1. The van der Waals surface area contributed by atoms with Gasteiger partial charge in [-0.1, -0.05) is 12.1 Å². The normalized spacial score (nSPS) is 17.6. The number of fused-ring (bicyclic) bond motifs is 2. The molecule has 142 valence electrons. The minimum Gasteiger partial charge on any atom is -0.394 e. The Morgan fingerprint density at radius 3 is 2.82 bits per heavy atom. The van der Waals surface area contributed by atoms with E-state index in [0.717, 1.165) is 53.0 Å². The molecule has 3 aromatic rings. The van der Waals surface area contributed by atoms with Gasteiger partial charge in [0.1, 0.15) is 0 Å². The Balaban J connectivity index is 1.59. The molecule has 28 heavy (non-hydrogen) atoms. The molecule has 4 N–H and O–H groups in total. The topological polar surface area (TPSA) is 121 Å². The van der Waals surface area contributed by atoms with Gasteiger partial charge in [-0.05, 0) is 31.4 Å². The van der Waals surface area contributed by atoms with Crippen LogP contribution in [0.3, 0.4) is 0 Å². The van der Waals surface area contributed by atoms with Crippen molar-refractivity contribution in [2.24, 2.45) is 5.73 Å². The Kier molecular flexibility index (Phi) is 3.87. The number of nitrogens with two attached hydrogens (primary N) is 1. The molecule has 1 unspecified atom stereocenters. The van der Waals surface area contributed by atoms with Gasteiger partial charge >= 0.3 is 0 Å². The number of aryl methyl sites for hydroxylation is 1. The van der Waals surface area contributed by atoms with Crippen molar-refractivity contribution in [3.05, 3.63) is 58.5 Å². The lowest BCUT2D eigenvalue weighted by Gasteiger charge is -2.24. The molecule has 8 nitrogen and oxygen atoms in total. The van der Waals surface area contributed by atoms with E-state index in [1.54, 1.807) is 18.3 Å². The molecular formula is C20H20N6O2. The molecule has 0 fully saturated rings. The highest BCUT2D eigenvalue weighted by molar-refractivity contribution is 5.93. The van der Waals surface area contributed by atoms with Crippen molar-refractivity contribution < 1.29 is 9.90 Å². The Labute approximate surface area is 161 Å². The van der Waals surface area contributed by atoms with Gasteiger partial charge in [0, 0.05) is 27.9 Å². The second-order valence-corrected chi connectivity index (χ2v) is 7.22. The van der Waals surface area contributed by atoms with E-state index >= 15 is 0 Å². The fourth-order valence-electron chi connectivity index (χ4n) is 4.17. The Morgan fingerprint density at radius 2 is 2.07 bits per heavy atom. The van der Waals surface area contributed by atoms with Gasteiger partial charge in [0.25, 0.3) is 0 Å². The molecule has 0 saturated carbocycles. The van der Waals surface area contributed by atoms with Crippen LogP contribution in [0.2, 0.25) is 0 Å². The van der Waals surface area contributed by atoms with Crippen molar-refractivity contribution >= 4 is 11.9 Å². The molecule has 0 bridgehead atoms. The number of primary amides is 1. The van der Waals surface area contributed by atoms with Crippen LogP contribution in [0.25, 0.3) is 11.3 Å². The van der Waals surface area contributed by atoms with E-state index in [2.05, 4.69) is 10.2 Å². The van der Waals surface area contributed by atoms with Crippen molar-refractivity contribution in [2.75, 3.05) is 11.5 Å². The van der Waals surface area contributed by atoms with Crippen LogP contribution in [0.15, 0.2) is 30.5 Å². The van der Waals surface area contributed by atoms with Crippen LogP contribution in [0, 0.1) is 0 Å². The highest BCUT2D eigenvalue weighted by Gasteiger charge is 2.34. The third-order valence-corrected chi connectivity index (χ3v) is 5.61. The molecular weight excluding hydrogens is 356 g/mol. The van der Waals surface area contributed by atoms with Gasteiger partial charge in [0.05, 0.1) is 36.8 Å². The summed E-state index contributed by atoms with van der Waals surface area (Å²) in [6.45, 7) is 0.551. The number of aromatic nitrogens is 4. The minimum atomic E-state index is -0.447. The van der Waals surface area contributed by atoms with E-state index in [4.69, 9.17) is 15.7 Å². The Bertz CT molecular complexity index is 1060. The molecule has 1 aromatic carbocycles. The SMILES string of the molecule is NC(=O)c1ccc(-c2nc(N3Cc4[nH]ncc4C3CO)nc3c2CCC3)cc1. The number of hydrogen-bond donors (Lipinski definition) is 3. The average molecular weight is 376 g/mol. The molecule has 5 rings (SSSR count). The second-order valence-electron chi connectivity index (χ2n) is 7.22. The number of H-pyrrole nitrogens is 1. The molecule has 1 aliphatic carbocycles. The maximum Gasteiger partial charge on any atom is 0.248 e. The molecule has 0 spiro atoms. The summed E-state index contributed by atoms with van der Waals surface area (Å²) in [5, 5.41) is 17.0. The maximum absolute atomic E-state index is 11.4. The van der Waals surface area contributed by atoms with E-state index < -0.39 is 5.91 Å². The summed E-state index contributed by atoms with van der Waals surface area (Å²) in [6, 6.07) is 7.00. The summed E-state index contributed by atoms with van der Waals surface area (Å²) in [7, 11) is 0. The number of aliphatic hydroxyl groups is 1. The van der Waals surface area contributed by atoms with Crippen molar-refractivity contribution in [2.45, 2.75) is 31.8 Å². The summed E-state index contributed by atoms with van der Waals surface area (Å²) in [5.74, 6) is 0.163. The first kappa shape index (κ1) is 16.9. The van der Waals surface area contributed by atoms with Crippen molar-refractivity contribution in [1.29, 1.82) is 0 Å². The number of hydrogen-bond acceptors (Lipinski definition) is 6. The third kappa shape index (κ3) is 2.56. The zero-order valence-electron chi connectivity index (χ0n) is 15.2. The fraction of sp³-hybridized carbons (Fsp3) is 0.300. The van der Waals surface area contributed by atoms with Gasteiger partial charge < -0.3 is 15.7 Å². The highest BCUT2D eigenvalue weighted by Crippen LogP contribution is 2.38. The average Bonchev–Trinajstić information content (AvgIpc) is 3.42. The minimum absolute atomic E-state index is 0.0321. The number of nitrogens with one attached hydrogen (secondary N) is 1. The van der Waals surface area contributed by atoms with Gasteiger partial charge in [-0.3, -0.25) is 9.89 Å². The lowest BCUT2D eigenvalue weighted by atomic mass is 10.0. The summed E-state index contributed by atoms with van der Waals surface area (Å²) >= 11 is 0. The zero-order chi connectivity index (χ0) is 19.3. The predicted octanol–water partition coefficient (Wildman–Crippen LogP) is 1.51. The van der Waals surface area contributed by atoms with Crippen LogP contribution in [-0.4, -0.2) is 37.8 Å². The molecule has 0 saturated heterocycles. The summed E-state index contributed by atoms with van der Waals surface area (Å²) in [5.41, 5.74) is 11.8. The number of carbonyl (C=O) groups excluding carboxylic acids is 1. The van der Waals surface area contributed by atoms with E-state index in [9.17, 15) is 9.90 Å². The van der Waals surface area contributed by atoms with Crippen molar-refractivity contribution in [3.63, 3.8) is 0 Å². The second kappa shape index (κ2) is 6.42. The number of aromatic amines is 1. The summed E-state index contributed by atoms with van der Waals surface area (Å²) < 4.78 is 0. The van der Waals surface area contributed by atoms with Crippen molar-refractivity contribution in [1.82, 2.24) is 20.2 Å². The standard InChI is InChI=1S/C20H20N6O2/c21-19(28)12-6-4-11(5-7-12)18-13-2-1-3-15(13)23-20(24-18)26-9-16-14(8-22-25-16)17(26)10-27/h4-8,17,27H,1-3,9-10H2,(H2,21,28)(H,22,25). The van der Waals surface area contributed by atoms with Gasteiger partial charge in [-0.15, -0.1) is 0 Å². The number of benzene rings is 1. The fourth-order valence-corrected chi connectivity index (χ4v) is 4.17. The largest absolute Gasteiger partial charge is 0.394 e. The highest BCUT2D eigenvalue weighted by atomic mass is 16.3. The lowest BCUT2D eigenvalue weighted by molar-refractivity contribution is 0.100. The Morgan fingerprint density at radius 1 is 1.25 bits per heavy atom. The van der Waals surface area contributed by atoms with Crippen molar-refractivity contribution in [3.8, 4) is 11.3 Å². The number of amides is 1. The van der Waals surface area contributed by atoms with Crippen LogP contribution in [-0.2, 0) is 19.4 Å². The number of carbonyl (C=O) groups is 1. The van der Waals surface area contributed by atoms with Crippen LogP contribution < -0.4 is 10.6 Å². The van der Waals surface area contributed by atoms with Crippen LogP contribution in [0.4, 0.5) is 5.95 Å². The molecule has 2 aliphatic rings. The molecule has 8 heteroatoms. The Hall–Kier alpha value is -3.26. The number of nitrogens with zero attached hydrogens (tertiary/aromatic N) is 4. The van der Waals surface area contributed by atoms with Gasteiger partial charge in [0.2, 0.25) is 11.9 Å². The number of rotatable bonds is 4. The van der Waals surface area contributed by atoms with Crippen LogP contribution >= 0.6 is 0 Å². The van der Waals surface area contributed by atoms with Gasteiger partial charge in [-0.2, -0.15) is 5.10 Å². The maximum atomic E-state index is 11.4. The smallest absolute Gasteiger partial charge is 0.248 e. The third-order valence-electron chi connectivity index (χ3n) is 5.61. The summed E-state index contributed by atoms with van der Waals surface area (Å²) in [4.78, 5) is 23.1. The van der Waals surface area contributed by atoms with E-state index in [-0.39, 0.29) is 12.6 Å². The van der Waals surface area contributed by atoms with E-state index in [1.165, 1.54) is 0 Å². The molecule has 1 atom stereocenters. The molecule has 2 aromatic heterocycles. The first-order chi connectivity index (χ1) is 13.7. The zero-order valence-corrected chi connectivity index (χ0v) is 15.2. The van der Waals surface area contributed by atoms with Crippen LogP contribution in [0.1, 0.15) is 45.3 Å². The van der Waals surface area contributed by atoms with Gasteiger partial charge in [-0.25, -0.2) is 9.97 Å². The van der Waals surface area contributed by atoms with E-state index in [0.29, 0.717) is 18.1 Å². The molecule has 0 radical (unpaired) electrons. The lowest BCUT2D eigenvalue weighted by Crippen LogP contribution is -2.27. The van der Waals surface area contributed by atoms with Gasteiger partial charge in [0.15, 0.2) is 0 Å². The first-order valence-corrected chi connectivity index (χ1v) is 9.35. The molecule has 1 aliphatic heterocycles. The number of anilines is 1. The quantitative estimate of drug-likeness (QED) is 0.635.